The summed E-state index contributed by atoms with van der Waals surface area (Å²) in [6, 6.07) is 0.446. The van der Waals surface area contributed by atoms with E-state index in [9.17, 15) is 4.79 Å². The Hall–Kier alpha value is -0.610. The van der Waals surface area contributed by atoms with Gasteiger partial charge < -0.3 is 15.0 Å². The van der Waals surface area contributed by atoms with Crippen molar-refractivity contribution in [3.05, 3.63) is 0 Å². The number of rotatable bonds is 9. The summed E-state index contributed by atoms with van der Waals surface area (Å²) < 4.78 is 5.37. The molecule has 1 aliphatic carbocycles. The van der Waals surface area contributed by atoms with E-state index in [0.717, 1.165) is 25.9 Å². The highest BCUT2D eigenvalue weighted by molar-refractivity contribution is 5.82. The SMILES string of the molecule is CCNC(CN(C)C(C)C(C)C)(C(=O)OCC)C1CC1. The number of nitrogens with one attached hydrogen (secondary N) is 1. The fourth-order valence-electron chi connectivity index (χ4n) is 2.83. The van der Waals surface area contributed by atoms with E-state index in [1.165, 1.54) is 0 Å². The van der Waals surface area contributed by atoms with Crippen LogP contribution in [-0.4, -0.2) is 49.2 Å². The predicted octanol–water partition coefficient (Wildman–Crippen LogP) is 2.28. The molecule has 1 saturated carbocycles. The van der Waals surface area contributed by atoms with Crippen molar-refractivity contribution < 1.29 is 9.53 Å². The number of hydrogen-bond acceptors (Lipinski definition) is 4. The quantitative estimate of drug-likeness (QED) is 0.660. The first-order valence-corrected chi connectivity index (χ1v) is 8.01. The van der Waals surface area contributed by atoms with Crippen LogP contribution in [0.15, 0.2) is 0 Å². The number of carbonyl (C=O) groups is 1. The van der Waals surface area contributed by atoms with E-state index in [0.29, 0.717) is 24.5 Å². The molecule has 0 aliphatic heterocycles. The minimum absolute atomic E-state index is 0.0767. The van der Waals surface area contributed by atoms with Crippen LogP contribution >= 0.6 is 0 Å². The van der Waals surface area contributed by atoms with Crippen molar-refractivity contribution in [1.29, 1.82) is 0 Å². The van der Waals surface area contributed by atoms with Crippen molar-refractivity contribution in [2.45, 2.75) is 59.0 Å². The van der Waals surface area contributed by atoms with Crippen molar-refractivity contribution in [3.63, 3.8) is 0 Å². The highest BCUT2D eigenvalue weighted by Crippen LogP contribution is 2.41. The number of nitrogens with zero attached hydrogens (tertiary/aromatic N) is 1. The molecule has 0 spiro atoms. The molecule has 118 valence electrons. The van der Waals surface area contributed by atoms with Gasteiger partial charge in [-0.1, -0.05) is 20.8 Å². The van der Waals surface area contributed by atoms with Crippen LogP contribution in [0.3, 0.4) is 0 Å². The molecule has 0 aromatic rings. The molecule has 2 atom stereocenters. The number of carbonyl (C=O) groups excluding carboxylic acids is 1. The molecular formula is C16H32N2O2. The standard InChI is InChI=1S/C16H32N2O2/c1-7-17-16(14-9-10-14,15(19)20-8-2)11-18(6)13(5)12(3)4/h12-14,17H,7-11H2,1-6H3. The van der Waals surface area contributed by atoms with E-state index in [4.69, 9.17) is 4.74 Å². The number of ether oxygens (including phenoxy) is 1. The maximum absolute atomic E-state index is 12.6. The van der Waals surface area contributed by atoms with Gasteiger partial charge in [0.05, 0.1) is 6.61 Å². The van der Waals surface area contributed by atoms with Crippen LogP contribution in [0.5, 0.6) is 0 Å². The van der Waals surface area contributed by atoms with Crippen LogP contribution < -0.4 is 5.32 Å². The van der Waals surface area contributed by atoms with E-state index in [1.807, 2.05) is 6.92 Å². The van der Waals surface area contributed by atoms with Crippen LogP contribution in [0.1, 0.15) is 47.5 Å². The average molecular weight is 284 g/mol. The lowest BCUT2D eigenvalue weighted by Crippen LogP contribution is -2.62. The second-order valence-electron chi connectivity index (χ2n) is 6.40. The molecule has 0 saturated heterocycles. The minimum Gasteiger partial charge on any atom is -0.465 e. The van der Waals surface area contributed by atoms with E-state index in [2.05, 4.69) is 45.0 Å². The molecule has 0 heterocycles. The van der Waals surface area contributed by atoms with Gasteiger partial charge in [0.2, 0.25) is 0 Å². The van der Waals surface area contributed by atoms with Crippen LogP contribution in [0, 0.1) is 11.8 Å². The van der Waals surface area contributed by atoms with Crippen molar-refractivity contribution in [2.24, 2.45) is 11.8 Å². The smallest absolute Gasteiger partial charge is 0.327 e. The lowest BCUT2D eigenvalue weighted by molar-refractivity contribution is -0.153. The molecule has 0 radical (unpaired) electrons. The van der Waals surface area contributed by atoms with Gasteiger partial charge in [-0.3, -0.25) is 0 Å². The van der Waals surface area contributed by atoms with E-state index in [-0.39, 0.29) is 5.97 Å². The van der Waals surface area contributed by atoms with E-state index in [1.54, 1.807) is 0 Å². The molecule has 2 unspecified atom stereocenters. The largest absolute Gasteiger partial charge is 0.465 e. The Balaban J connectivity index is 2.88. The molecule has 0 bridgehead atoms. The van der Waals surface area contributed by atoms with Gasteiger partial charge >= 0.3 is 5.97 Å². The average Bonchev–Trinajstić information content (AvgIpc) is 3.21. The predicted molar refractivity (Wildman–Crippen MR) is 82.7 cm³/mol. The van der Waals surface area contributed by atoms with E-state index >= 15 is 0 Å². The van der Waals surface area contributed by atoms with Crippen molar-refractivity contribution in [3.8, 4) is 0 Å². The monoisotopic (exact) mass is 284 g/mol. The zero-order valence-corrected chi connectivity index (χ0v) is 14.0. The highest BCUT2D eigenvalue weighted by atomic mass is 16.5. The highest BCUT2D eigenvalue weighted by Gasteiger charge is 2.52. The summed E-state index contributed by atoms with van der Waals surface area (Å²) in [4.78, 5) is 14.8. The first-order valence-electron chi connectivity index (χ1n) is 8.01. The molecule has 4 nitrogen and oxygen atoms in total. The van der Waals surface area contributed by atoms with Crippen molar-refractivity contribution in [1.82, 2.24) is 10.2 Å². The van der Waals surface area contributed by atoms with E-state index < -0.39 is 5.54 Å². The van der Waals surface area contributed by atoms with Crippen LogP contribution in [0.4, 0.5) is 0 Å². The first kappa shape index (κ1) is 17.4. The fourth-order valence-corrected chi connectivity index (χ4v) is 2.83. The Morgan fingerprint density at radius 3 is 2.35 bits per heavy atom. The molecular weight excluding hydrogens is 252 g/mol. The first-order chi connectivity index (χ1) is 9.39. The molecule has 0 amide bonds. The Labute approximate surface area is 124 Å². The van der Waals surface area contributed by atoms with Gasteiger partial charge in [0.15, 0.2) is 0 Å². The summed E-state index contributed by atoms with van der Waals surface area (Å²) in [5.74, 6) is 0.913. The van der Waals surface area contributed by atoms with Gasteiger partial charge in [-0.25, -0.2) is 4.79 Å². The molecule has 1 rings (SSSR count). The zero-order chi connectivity index (χ0) is 15.3. The Morgan fingerprint density at radius 2 is 1.95 bits per heavy atom. The summed E-state index contributed by atoms with van der Waals surface area (Å²) in [5.41, 5.74) is -0.525. The maximum Gasteiger partial charge on any atom is 0.327 e. The Bertz CT molecular complexity index is 316. The molecule has 0 aromatic heterocycles. The van der Waals surface area contributed by atoms with Crippen LogP contribution in [-0.2, 0) is 9.53 Å². The van der Waals surface area contributed by atoms with Gasteiger partial charge in [-0.05, 0) is 52.1 Å². The van der Waals surface area contributed by atoms with Gasteiger partial charge in [0.1, 0.15) is 5.54 Å². The van der Waals surface area contributed by atoms with Gasteiger partial charge in [0.25, 0.3) is 0 Å². The third-order valence-corrected chi connectivity index (χ3v) is 4.57. The molecule has 0 aromatic carbocycles. The lowest BCUT2D eigenvalue weighted by atomic mass is 9.90. The molecule has 1 N–H and O–H groups in total. The second kappa shape index (κ2) is 7.41. The summed E-state index contributed by atoms with van der Waals surface area (Å²) in [6.45, 7) is 12.6. The lowest BCUT2D eigenvalue weighted by Gasteiger charge is -2.39. The van der Waals surface area contributed by atoms with Crippen LogP contribution in [0.2, 0.25) is 0 Å². The normalized spacial score (nSPS) is 20.0. The Kier molecular flexibility index (Phi) is 6.46. The summed E-state index contributed by atoms with van der Waals surface area (Å²) in [7, 11) is 2.11. The minimum atomic E-state index is -0.525. The molecule has 1 aliphatic rings. The third-order valence-electron chi connectivity index (χ3n) is 4.57. The molecule has 4 heteroatoms. The number of esters is 1. The summed E-state index contributed by atoms with van der Waals surface area (Å²) in [6.07, 6.45) is 2.24. The van der Waals surface area contributed by atoms with Gasteiger partial charge in [-0.15, -0.1) is 0 Å². The molecule has 1 fully saturated rings. The molecule has 20 heavy (non-hydrogen) atoms. The summed E-state index contributed by atoms with van der Waals surface area (Å²) in [5, 5.41) is 3.45. The zero-order valence-electron chi connectivity index (χ0n) is 14.0. The van der Waals surface area contributed by atoms with Gasteiger partial charge in [-0.2, -0.15) is 0 Å². The maximum atomic E-state index is 12.6. The number of hydrogen-bond donors (Lipinski definition) is 1. The fraction of sp³-hybridized carbons (Fsp3) is 0.938. The summed E-state index contributed by atoms with van der Waals surface area (Å²) >= 11 is 0. The van der Waals surface area contributed by atoms with Gasteiger partial charge in [0, 0.05) is 12.6 Å². The topological polar surface area (TPSA) is 41.6 Å². The van der Waals surface area contributed by atoms with Crippen LogP contribution in [0.25, 0.3) is 0 Å². The van der Waals surface area contributed by atoms with Crippen molar-refractivity contribution in [2.75, 3.05) is 26.7 Å². The number of likely N-dealkylation sites (N-methyl/N-ethyl adjacent to an activating group) is 2. The third kappa shape index (κ3) is 3.95. The van der Waals surface area contributed by atoms with Crippen molar-refractivity contribution >= 4 is 5.97 Å². The Morgan fingerprint density at radius 1 is 1.35 bits per heavy atom. The second-order valence-corrected chi connectivity index (χ2v) is 6.40.